The molecule has 9 nitrogen and oxygen atoms in total. The fraction of sp³-hybridized carbons (Fsp3) is 0.450. The average molecular weight is 393 g/mol. The van der Waals surface area contributed by atoms with Crippen LogP contribution < -0.4 is 10.6 Å². The van der Waals surface area contributed by atoms with Crippen molar-refractivity contribution in [3.8, 4) is 0 Å². The molecule has 2 fully saturated rings. The van der Waals surface area contributed by atoms with E-state index < -0.39 is 5.91 Å². The summed E-state index contributed by atoms with van der Waals surface area (Å²) in [6.45, 7) is 9.80. The summed E-state index contributed by atoms with van der Waals surface area (Å²) >= 11 is 0. The van der Waals surface area contributed by atoms with Crippen molar-refractivity contribution < 1.29 is 9.59 Å². The second-order valence-corrected chi connectivity index (χ2v) is 7.51. The van der Waals surface area contributed by atoms with Gasteiger partial charge in [0.15, 0.2) is 5.65 Å². The second kappa shape index (κ2) is 7.91. The Morgan fingerprint density at radius 3 is 2.76 bits per heavy atom. The molecular weight excluding hydrogens is 370 g/mol. The van der Waals surface area contributed by atoms with E-state index in [1.165, 1.54) is 6.08 Å². The van der Waals surface area contributed by atoms with E-state index >= 15 is 0 Å². The SMILES string of the molecule is [C-]#[N+][C@H]1CC[C@@H](C(=O)N2CCN(c3cnc4[nH]cc(/C=C/C(N)=O)c4n3)CC2)C1. The molecule has 9 heteroatoms. The van der Waals surface area contributed by atoms with Crippen LogP contribution in [0.3, 0.4) is 0 Å². The van der Waals surface area contributed by atoms with E-state index in [2.05, 4.69) is 19.7 Å². The summed E-state index contributed by atoms with van der Waals surface area (Å²) in [4.78, 5) is 43.5. The van der Waals surface area contributed by atoms with Crippen molar-refractivity contribution in [1.82, 2.24) is 19.9 Å². The molecule has 4 rings (SSSR count). The third-order valence-electron chi connectivity index (χ3n) is 5.68. The maximum Gasteiger partial charge on any atom is 0.241 e. The molecule has 1 saturated heterocycles. The molecular formula is C20H23N7O2. The van der Waals surface area contributed by atoms with Crippen LogP contribution in [0.2, 0.25) is 0 Å². The molecule has 1 saturated carbocycles. The Labute approximate surface area is 168 Å². The van der Waals surface area contributed by atoms with Crippen molar-refractivity contribution >= 4 is 34.9 Å². The molecule has 2 aromatic rings. The van der Waals surface area contributed by atoms with E-state index in [9.17, 15) is 9.59 Å². The molecule has 29 heavy (non-hydrogen) atoms. The lowest BCUT2D eigenvalue weighted by Crippen LogP contribution is -2.50. The summed E-state index contributed by atoms with van der Waals surface area (Å²) in [6.07, 6.45) is 8.72. The number of primary amides is 1. The van der Waals surface area contributed by atoms with Crippen molar-refractivity contribution in [2.45, 2.75) is 25.3 Å². The Morgan fingerprint density at radius 2 is 2.07 bits per heavy atom. The minimum atomic E-state index is -0.519. The molecule has 0 spiro atoms. The summed E-state index contributed by atoms with van der Waals surface area (Å²) in [6, 6.07) is 0.00593. The quantitative estimate of drug-likeness (QED) is 0.599. The monoisotopic (exact) mass is 393 g/mol. The Bertz CT molecular complexity index is 998. The average Bonchev–Trinajstić information content (AvgIpc) is 3.38. The van der Waals surface area contributed by atoms with E-state index in [1.807, 2.05) is 4.90 Å². The van der Waals surface area contributed by atoms with E-state index in [-0.39, 0.29) is 17.9 Å². The molecule has 150 valence electrons. The van der Waals surface area contributed by atoms with Crippen LogP contribution in [0.1, 0.15) is 24.8 Å². The van der Waals surface area contributed by atoms with Crippen molar-refractivity contribution in [2.24, 2.45) is 11.7 Å². The number of nitrogens with two attached hydrogens (primary N) is 1. The number of carbonyl (C=O) groups is 2. The molecule has 1 aliphatic carbocycles. The van der Waals surface area contributed by atoms with Crippen LogP contribution in [-0.4, -0.2) is 63.9 Å². The molecule has 0 radical (unpaired) electrons. The smallest absolute Gasteiger partial charge is 0.241 e. The van der Waals surface area contributed by atoms with Gasteiger partial charge in [-0.2, -0.15) is 0 Å². The van der Waals surface area contributed by atoms with Crippen LogP contribution in [0.4, 0.5) is 5.82 Å². The number of nitrogens with zero attached hydrogens (tertiary/aromatic N) is 5. The van der Waals surface area contributed by atoms with Gasteiger partial charge in [0, 0.05) is 62.8 Å². The zero-order chi connectivity index (χ0) is 20.4. The van der Waals surface area contributed by atoms with Gasteiger partial charge in [-0.15, -0.1) is 0 Å². The molecule has 2 aromatic heterocycles. The summed E-state index contributed by atoms with van der Waals surface area (Å²) < 4.78 is 0. The zero-order valence-corrected chi connectivity index (χ0v) is 16.0. The number of hydrogen-bond donors (Lipinski definition) is 2. The summed E-state index contributed by atoms with van der Waals surface area (Å²) in [5.74, 6) is 0.402. The van der Waals surface area contributed by atoms with E-state index in [4.69, 9.17) is 17.3 Å². The first-order valence-corrected chi connectivity index (χ1v) is 9.77. The van der Waals surface area contributed by atoms with Gasteiger partial charge in [-0.3, -0.25) is 9.59 Å². The fourth-order valence-electron chi connectivity index (χ4n) is 4.07. The number of rotatable bonds is 4. The number of aromatic nitrogens is 3. The Morgan fingerprint density at radius 1 is 1.28 bits per heavy atom. The summed E-state index contributed by atoms with van der Waals surface area (Å²) in [7, 11) is 0. The predicted molar refractivity (Wildman–Crippen MR) is 109 cm³/mol. The van der Waals surface area contributed by atoms with E-state index in [0.29, 0.717) is 43.8 Å². The van der Waals surface area contributed by atoms with Crippen molar-refractivity contribution in [3.05, 3.63) is 35.5 Å². The van der Waals surface area contributed by atoms with Crippen LogP contribution in [0.15, 0.2) is 18.5 Å². The highest BCUT2D eigenvalue weighted by Crippen LogP contribution is 2.30. The lowest BCUT2D eigenvalue weighted by atomic mass is 10.1. The first-order chi connectivity index (χ1) is 14.0. The summed E-state index contributed by atoms with van der Waals surface area (Å²) in [5, 5.41) is 0. The molecule has 2 atom stereocenters. The summed E-state index contributed by atoms with van der Waals surface area (Å²) in [5.41, 5.74) is 7.24. The number of anilines is 1. The molecule has 0 unspecified atom stereocenters. The Hall–Kier alpha value is -3.41. The van der Waals surface area contributed by atoms with Crippen LogP contribution >= 0.6 is 0 Å². The van der Waals surface area contributed by atoms with Gasteiger partial charge in [-0.25, -0.2) is 16.5 Å². The molecule has 3 heterocycles. The number of fused-ring (bicyclic) bond motifs is 1. The Balaban J connectivity index is 1.42. The first kappa shape index (κ1) is 18.9. The highest BCUT2D eigenvalue weighted by Gasteiger charge is 2.36. The highest BCUT2D eigenvalue weighted by molar-refractivity contribution is 5.93. The minimum Gasteiger partial charge on any atom is -0.366 e. The number of H-pyrrole nitrogens is 1. The van der Waals surface area contributed by atoms with E-state index in [0.717, 1.165) is 24.2 Å². The lowest BCUT2D eigenvalue weighted by molar-refractivity contribution is -0.135. The van der Waals surface area contributed by atoms with Gasteiger partial charge in [0.25, 0.3) is 0 Å². The van der Waals surface area contributed by atoms with Crippen LogP contribution in [0.25, 0.3) is 22.1 Å². The lowest BCUT2D eigenvalue weighted by Gasteiger charge is -2.36. The minimum absolute atomic E-state index is 0.00347. The van der Waals surface area contributed by atoms with Gasteiger partial charge in [0.1, 0.15) is 11.3 Å². The normalized spacial score (nSPS) is 22.3. The number of carbonyl (C=O) groups excluding carboxylic acids is 2. The van der Waals surface area contributed by atoms with Gasteiger partial charge >= 0.3 is 0 Å². The molecule has 3 N–H and O–H groups in total. The molecule has 2 amide bonds. The largest absolute Gasteiger partial charge is 0.366 e. The maximum absolute atomic E-state index is 12.7. The van der Waals surface area contributed by atoms with Crippen LogP contribution in [0.5, 0.6) is 0 Å². The van der Waals surface area contributed by atoms with Gasteiger partial charge in [-0.1, -0.05) is 0 Å². The van der Waals surface area contributed by atoms with Gasteiger partial charge in [0.2, 0.25) is 17.9 Å². The maximum atomic E-state index is 12.7. The fourth-order valence-corrected chi connectivity index (χ4v) is 4.07. The zero-order valence-electron chi connectivity index (χ0n) is 16.0. The standard InChI is InChI=1S/C20H23N7O2/c1-22-15-4-2-13(10-15)20(29)27-8-6-26(7-9-27)17-12-24-19-18(25-17)14(11-23-19)3-5-16(21)28/h3,5,11-13,15H,2,4,6-10H2,(H2,21,28)(H,23,24)/b5-3+/t13-,15+/m1/s1. The molecule has 0 bridgehead atoms. The number of hydrogen-bond acceptors (Lipinski definition) is 5. The van der Waals surface area contributed by atoms with Crippen molar-refractivity contribution in [1.29, 1.82) is 0 Å². The van der Waals surface area contributed by atoms with Crippen molar-refractivity contribution in [2.75, 3.05) is 31.1 Å². The second-order valence-electron chi connectivity index (χ2n) is 7.51. The number of aromatic amines is 1. The third-order valence-corrected chi connectivity index (χ3v) is 5.68. The number of piperazine rings is 1. The van der Waals surface area contributed by atoms with Crippen molar-refractivity contribution in [3.63, 3.8) is 0 Å². The number of nitrogens with one attached hydrogen (secondary N) is 1. The van der Waals surface area contributed by atoms with Crippen LogP contribution in [-0.2, 0) is 9.59 Å². The van der Waals surface area contributed by atoms with Gasteiger partial charge in [-0.05, 0) is 12.5 Å². The highest BCUT2D eigenvalue weighted by atomic mass is 16.2. The third kappa shape index (κ3) is 3.92. The Kier molecular flexibility index (Phi) is 5.16. The molecule has 2 aliphatic rings. The molecule has 0 aromatic carbocycles. The van der Waals surface area contributed by atoms with Gasteiger partial charge in [0.05, 0.1) is 6.20 Å². The number of amides is 2. The molecule has 1 aliphatic heterocycles. The topological polar surface area (TPSA) is 113 Å². The van der Waals surface area contributed by atoms with Crippen LogP contribution in [0, 0.1) is 12.5 Å². The van der Waals surface area contributed by atoms with E-state index in [1.54, 1.807) is 18.5 Å². The first-order valence-electron chi connectivity index (χ1n) is 9.77. The predicted octanol–water partition coefficient (Wildman–Crippen LogP) is 1.19. The van der Waals surface area contributed by atoms with Gasteiger partial charge < -0.3 is 25.4 Å².